The lowest BCUT2D eigenvalue weighted by atomic mass is 9.93. The first kappa shape index (κ1) is 85.5. The summed E-state index contributed by atoms with van der Waals surface area (Å²) in [6.07, 6.45) is -25.3. The predicted molar refractivity (Wildman–Crippen MR) is 344 cm³/mol. The third-order valence-electron chi connectivity index (χ3n) is 18.5. The normalized spacial score (nSPS) is 39.0. The summed E-state index contributed by atoms with van der Waals surface area (Å²) >= 11 is 0. The lowest BCUT2D eigenvalue weighted by Gasteiger charge is -2.51. The number of ether oxygens (including phenoxy) is 13. The van der Waals surface area contributed by atoms with Crippen LogP contribution in [0.3, 0.4) is 0 Å². The molecule has 0 spiro atoms. The van der Waals surface area contributed by atoms with Gasteiger partial charge in [-0.05, 0) is 39.0 Å². The molecule has 6 rings (SSSR count). The van der Waals surface area contributed by atoms with Crippen molar-refractivity contribution in [2.24, 2.45) is 0 Å². The Morgan fingerprint density at radius 1 is 0.396 bits per heavy atom. The van der Waals surface area contributed by atoms with Crippen molar-refractivity contribution in [3.05, 3.63) is 12.2 Å². The molecule has 6 saturated heterocycles. The SMILES string of the molecule is CCCCCC/C=C\CCCCCCCCCC(=O)N[C@@H]1C(O[C@@H]2C(CO)O[C@@H](O[C@@H]3C(CO)O[C@@H](O[C@@H]4C(CO)O[C@@H](O[C@@H]5C(COC6OC(C)[C@@H](O)[C@@H](O)[C@H]6OC)O[C@@H](O)[C@@H](NC(C)=O)C5O)[C@@H](NC(C)=O)C4O)[C@@H](NC(C)=O)C3O)[C@@H](NC(C)=O)C2O)OC(COC(C)=O)[C@@H](O)[C@@H]1O. The highest BCUT2D eigenvalue weighted by molar-refractivity contribution is 5.76. The number of hydrogen-bond acceptors (Lipinski definition) is 31. The summed E-state index contributed by atoms with van der Waals surface area (Å²) in [5.41, 5.74) is 0. The Bertz CT molecular complexity index is 2570. The lowest BCUT2D eigenvalue weighted by molar-refractivity contribution is -0.368. The van der Waals surface area contributed by atoms with Gasteiger partial charge in [0.1, 0.15) is 147 Å². The molecule has 0 saturated carbocycles. The molecule has 0 aromatic rings. The van der Waals surface area contributed by atoms with Crippen molar-refractivity contribution in [2.75, 3.05) is 40.1 Å². The molecule has 0 aromatic heterocycles. The average Bonchev–Trinajstić information content (AvgIpc) is 0.774. The Labute approximate surface area is 586 Å². The molecule has 36 nitrogen and oxygen atoms in total. The van der Waals surface area contributed by atoms with Gasteiger partial charge in [0, 0.05) is 48.1 Å². The van der Waals surface area contributed by atoms with E-state index in [0.29, 0.717) is 6.42 Å². The molecule has 12 unspecified atom stereocenters. The Morgan fingerprint density at radius 2 is 0.782 bits per heavy atom. The standard InChI is InChI=1S/C65H111N5O31/c1-9-10-11-12-13-14-15-16-17-18-19-20-21-22-23-24-41(79)70-43-49(82)48(81)39(28-90-35(7)78)97-61(43)98-55-36(25-71)94-62(44(51(55)84)67-32(4)75)99-56-37(26-72)95-63(45(52(56)85)68-33(5)76)100-57-38(27-73)96-64(46(53(57)86)69-34(6)77)101-58-40(93-60(88)42(50(58)83)66-31(3)74)29-91-65-59(89-8)54(87)47(80)30(2)92-65/h14-15,30,36-40,42-65,71-73,80-88H,9-13,16-29H2,1-8H3,(H,66,74)(H,67,75)(H,68,76)(H,69,77)(H,70,79)/b15-14-/t30?,36?,37?,38?,39?,40?,42-,43-,44-,45-,46-,47+,48+,49+,50?,51?,52?,53?,54+,55+,56+,57+,58+,59+,60+,61?,62-,63-,64-,65?/m0/s1. The maximum atomic E-state index is 13.6. The molecule has 101 heavy (non-hydrogen) atoms. The van der Waals surface area contributed by atoms with Crippen LogP contribution >= 0.6 is 0 Å². The highest BCUT2D eigenvalue weighted by Gasteiger charge is 2.58. The average molecular weight is 1460 g/mol. The minimum atomic E-state index is -2.06. The number of rotatable bonds is 37. The Kier molecular flexibility index (Phi) is 35.6. The molecule has 6 aliphatic rings. The van der Waals surface area contributed by atoms with Crippen LogP contribution in [0.5, 0.6) is 0 Å². The fraction of sp³-hybridized carbons (Fsp3) is 0.877. The van der Waals surface area contributed by atoms with E-state index in [9.17, 15) is 90.0 Å². The molecule has 6 fully saturated rings. The summed E-state index contributed by atoms with van der Waals surface area (Å²) in [5, 5.41) is 149. The lowest BCUT2D eigenvalue weighted by Crippen LogP contribution is -2.72. The second-order valence-electron chi connectivity index (χ2n) is 26.5. The van der Waals surface area contributed by atoms with E-state index in [4.69, 9.17) is 61.6 Å². The van der Waals surface area contributed by atoms with Crippen LogP contribution < -0.4 is 26.6 Å². The first-order chi connectivity index (χ1) is 48.1. The summed E-state index contributed by atoms with van der Waals surface area (Å²) in [6.45, 7) is 4.63. The number of hydrogen-bond donors (Lipinski definition) is 17. The van der Waals surface area contributed by atoms with Crippen molar-refractivity contribution in [3.63, 3.8) is 0 Å². The molecule has 17 N–H and O–H groups in total. The zero-order valence-corrected chi connectivity index (χ0v) is 58.5. The van der Waals surface area contributed by atoms with E-state index in [2.05, 4.69) is 45.7 Å². The van der Waals surface area contributed by atoms with Gasteiger partial charge in [-0.2, -0.15) is 0 Å². The van der Waals surface area contributed by atoms with E-state index >= 15 is 0 Å². The summed E-state index contributed by atoms with van der Waals surface area (Å²) in [4.78, 5) is 76.7. The molecule has 6 aliphatic heterocycles. The van der Waals surface area contributed by atoms with Crippen LogP contribution in [-0.2, 0) is 90.3 Å². The van der Waals surface area contributed by atoms with Crippen LogP contribution in [0, 0.1) is 0 Å². The van der Waals surface area contributed by atoms with E-state index in [0.717, 1.165) is 86.0 Å². The van der Waals surface area contributed by atoms with Gasteiger partial charge in [-0.3, -0.25) is 28.8 Å². The fourth-order valence-corrected chi connectivity index (χ4v) is 13.2. The van der Waals surface area contributed by atoms with Gasteiger partial charge in [0.15, 0.2) is 37.7 Å². The highest BCUT2D eigenvalue weighted by Crippen LogP contribution is 2.37. The largest absolute Gasteiger partial charge is 0.463 e. The molecule has 36 heteroatoms. The molecule has 0 radical (unpaired) electrons. The second-order valence-corrected chi connectivity index (χ2v) is 26.5. The van der Waals surface area contributed by atoms with Crippen molar-refractivity contribution >= 4 is 35.5 Å². The summed E-state index contributed by atoms with van der Waals surface area (Å²) in [7, 11) is 1.21. The number of aliphatic hydroxyl groups excluding tert-OH is 12. The first-order valence-corrected chi connectivity index (χ1v) is 34.9. The van der Waals surface area contributed by atoms with Crippen LogP contribution in [0.2, 0.25) is 0 Å². The van der Waals surface area contributed by atoms with Crippen LogP contribution in [-0.4, -0.2) is 321 Å². The number of amides is 5. The number of aliphatic hydroxyl groups is 12. The molecule has 0 aromatic carbocycles. The third kappa shape index (κ3) is 24.1. The summed E-state index contributed by atoms with van der Waals surface area (Å²) in [6, 6.07) is -8.44. The van der Waals surface area contributed by atoms with Gasteiger partial charge in [0.05, 0.1) is 32.5 Å². The Morgan fingerprint density at radius 3 is 1.20 bits per heavy atom. The first-order valence-electron chi connectivity index (χ1n) is 34.9. The minimum absolute atomic E-state index is 0.00347. The van der Waals surface area contributed by atoms with Crippen molar-refractivity contribution in [2.45, 2.75) is 322 Å². The zero-order valence-electron chi connectivity index (χ0n) is 58.5. The van der Waals surface area contributed by atoms with E-state index in [1.165, 1.54) is 39.7 Å². The monoisotopic (exact) mass is 1460 g/mol. The summed E-state index contributed by atoms with van der Waals surface area (Å²) < 4.78 is 77.4. The topological polar surface area (TPSA) is 525 Å². The molecule has 0 aliphatic carbocycles. The smallest absolute Gasteiger partial charge is 0.302 e. The van der Waals surface area contributed by atoms with Crippen molar-refractivity contribution < 1.29 is 152 Å². The molecule has 582 valence electrons. The van der Waals surface area contributed by atoms with Crippen molar-refractivity contribution in [1.82, 2.24) is 26.6 Å². The van der Waals surface area contributed by atoms with Gasteiger partial charge in [0.25, 0.3) is 0 Å². The van der Waals surface area contributed by atoms with E-state index in [1.54, 1.807) is 0 Å². The molecule has 30 atom stereocenters. The number of carbonyl (C=O) groups excluding carboxylic acids is 6. The van der Waals surface area contributed by atoms with Crippen LogP contribution in [0.15, 0.2) is 12.2 Å². The van der Waals surface area contributed by atoms with Crippen LogP contribution in [0.1, 0.15) is 138 Å². The number of methoxy groups -OCH3 is 1. The van der Waals surface area contributed by atoms with Crippen LogP contribution in [0.25, 0.3) is 0 Å². The summed E-state index contributed by atoms with van der Waals surface area (Å²) in [5.74, 6) is -4.53. The third-order valence-corrected chi connectivity index (χ3v) is 18.5. The van der Waals surface area contributed by atoms with E-state index < -0.39 is 252 Å². The zero-order chi connectivity index (χ0) is 74.4. The number of nitrogens with one attached hydrogen (secondary N) is 5. The minimum Gasteiger partial charge on any atom is -0.463 e. The fourth-order valence-electron chi connectivity index (χ4n) is 13.2. The maximum absolute atomic E-state index is 13.6. The quantitative estimate of drug-likeness (QED) is 0.0157. The van der Waals surface area contributed by atoms with Gasteiger partial charge in [-0.1, -0.05) is 70.4 Å². The number of unbranched alkanes of at least 4 members (excludes halogenated alkanes) is 11. The molecule has 5 amide bonds. The van der Waals surface area contributed by atoms with Gasteiger partial charge in [-0.15, -0.1) is 0 Å². The highest BCUT2D eigenvalue weighted by atomic mass is 16.8. The Hall–Kier alpha value is -4.40. The molecule has 6 heterocycles. The number of esters is 1. The van der Waals surface area contributed by atoms with E-state index in [-0.39, 0.29) is 6.42 Å². The van der Waals surface area contributed by atoms with Gasteiger partial charge >= 0.3 is 5.97 Å². The van der Waals surface area contributed by atoms with E-state index in [1.807, 2.05) is 0 Å². The van der Waals surface area contributed by atoms with Gasteiger partial charge in [0.2, 0.25) is 29.5 Å². The second kappa shape index (κ2) is 42.1. The van der Waals surface area contributed by atoms with Gasteiger partial charge in [-0.25, -0.2) is 0 Å². The number of allylic oxidation sites excluding steroid dienone is 2. The van der Waals surface area contributed by atoms with Crippen LogP contribution in [0.4, 0.5) is 0 Å². The maximum Gasteiger partial charge on any atom is 0.302 e. The number of carbonyl (C=O) groups is 6. The molecular weight excluding hydrogens is 1350 g/mol. The predicted octanol–water partition coefficient (Wildman–Crippen LogP) is -5.11. The van der Waals surface area contributed by atoms with Crippen molar-refractivity contribution in [1.29, 1.82) is 0 Å². The Balaban J connectivity index is 1.17. The van der Waals surface area contributed by atoms with Gasteiger partial charge < -0.3 is 149 Å². The molecular formula is C65H111N5O31. The molecule has 0 bridgehead atoms. The van der Waals surface area contributed by atoms with Crippen molar-refractivity contribution in [3.8, 4) is 0 Å².